The highest BCUT2D eigenvalue weighted by Gasteiger charge is 2.32. The highest BCUT2D eigenvalue weighted by Crippen LogP contribution is 2.34. The Morgan fingerprint density at radius 1 is 1.33 bits per heavy atom. The van der Waals surface area contributed by atoms with Crippen molar-refractivity contribution in [3.05, 3.63) is 48.3 Å². The third kappa shape index (κ3) is 3.31. The number of aromatic nitrogens is 2. The van der Waals surface area contributed by atoms with Crippen molar-refractivity contribution < 1.29 is 9.90 Å². The van der Waals surface area contributed by atoms with Gasteiger partial charge in [0.1, 0.15) is 0 Å². The zero-order valence-electron chi connectivity index (χ0n) is 11.8. The van der Waals surface area contributed by atoms with Crippen LogP contribution in [0.5, 0.6) is 0 Å². The SMILES string of the molecule is O=C(NC(CCO)C1CC1)c1ccn(-c2ccccc2)n1. The molecule has 2 N–H and O–H groups in total. The van der Waals surface area contributed by atoms with E-state index in [1.165, 1.54) is 0 Å². The maximum atomic E-state index is 12.2. The van der Waals surface area contributed by atoms with Crippen molar-refractivity contribution in [1.82, 2.24) is 15.1 Å². The Bertz CT molecular complexity index is 605. The van der Waals surface area contributed by atoms with Gasteiger partial charge < -0.3 is 10.4 Å². The highest BCUT2D eigenvalue weighted by molar-refractivity contribution is 5.92. The third-order valence-electron chi connectivity index (χ3n) is 3.79. The summed E-state index contributed by atoms with van der Waals surface area (Å²) in [5.41, 5.74) is 1.33. The predicted molar refractivity (Wildman–Crippen MR) is 79.2 cm³/mol. The van der Waals surface area contributed by atoms with Crippen LogP contribution in [0.2, 0.25) is 0 Å². The minimum Gasteiger partial charge on any atom is -0.396 e. The van der Waals surface area contributed by atoms with Gasteiger partial charge in [-0.25, -0.2) is 4.68 Å². The number of aliphatic hydroxyl groups is 1. The summed E-state index contributed by atoms with van der Waals surface area (Å²) in [5.74, 6) is 0.340. The van der Waals surface area contributed by atoms with E-state index in [0.29, 0.717) is 18.0 Å². The van der Waals surface area contributed by atoms with Crippen molar-refractivity contribution in [1.29, 1.82) is 0 Å². The van der Waals surface area contributed by atoms with Crippen molar-refractivity contribution >= 4 is 5.91 Å². The van der Waals surface area contributed by atoms with Crippen molar-refractivity contribution in [3.63, 3.8) is 0 Å². The van der Waals surface area contributed by atoms with E-state index in [0.717, 1.165) is 18.5 Å². The summed E-state index contributed by atoms with van der Waals surface area (Å²) in [5, 5.41) is 16.4. The molecule has 1 aliphatic rings. The number of hydrogen-bond acceptors (Lipinski definition) is 3. The highest BCUT2D eigenvalue weighted by atomic mass is 16.3. The van der Waals surface area contributed by atoms with Gasteiger partial charge in [0, 0.05) is 18.8 Å². The van der Waals surface area contributed by atoms with Crippen LogP contribution in [0.25, 0.3) is 5.69 Å². The average molecular weight is 285 g/mol. The standard InChI is InChI=1S/C16H19N3O2/c20-11-9-14(12-6-7-12)17-16(21)15-8-10-19(18-15)13-4-2-1-3-5-13/h1-5,8,10,12,14,20H,6-7,9,11H2,(H,17,21). The van der Waals surface area contributed by atoms with Crippen LogP contribution in [0.4, 0.5) is 0 Å². The smallest absolute Gasteiger partial charge is 0.272 e. The molecule has 1 fully saturated rings. The summed E-state index contributed by atoms with van der Waals surface area (Å²) >= 11 is 0. The lowest BCUT2D eigenvalue weighted by Gasteiger charge is -2.16. The summed E-state index contributed by atoms with van der Waals surface area (Å²) in [4.78, 5) is 12.2. The van der Waals surface area contributed by atoms with Crippen LogP contribution >= 0.6 is 0 Å². The monoisotopic (exact) mass is 285 g/mol. The molecule has 0 spiro atoms. The van der Waals surface area contributed by atoms with Crippen molar-refractivity contribution in [2.45, 2.75) is 25.3 Å². The number of hydrogen-bond donors (Lipinski definition) is 2. The predicted octanol–water partition coefficient (Wildman–Crippen LogP) is 1.76. The molecule has 1 atom stereocenters. The van der Waals surface area contributed by atoms with Gasteiger partial charge in [0.2, 0.25) is 0 Å². The molecular weight excluding hydrogens is 266 g/mol. The number of aliphatic hydroxyl groups excluding tert-OH is 1. The summed E-state index contributed by atoms with van der Waals surface area (Å²) < 4.78 is 1.69. The molecule has 0 bridgehead atoms. The van der Waals surface area contributed by atoms with Gasteiger partial charge in [-0.15, -0.1) is 0 Å². The topological polar surface area (TPSA) is 67.2 Å². The Labute approximate surface area is 123 Å². The van der Waals surface area contributed by atoms with E-state index in [-0.39, 0.29) is 18.6 Å². The number of carbonyl (C=O) groups is 1. The molecule has 1 aromatic carbocycles. The fraction of sp³-hybridized carbons (Fsp3) is 0.375. The first-order valence-corrected chi connectivity index (χ1v) is 7.31. The van der Waals surface area contributed by atoms with Crippen LogP contribution in [0.1, 0.15) is 29.8 Å². The maximum absolute atomic E-state index is 12.2. The van der Waals surface area contributed by atoms with Crippen molar-refractivity contribution in [2.24, 2.45) is 5.92 Å². The van der Waals surface area contributed by atoms with Gasteiger partial charge in [0.15, 0.2) is 5.69 Å². The first kappa shape index (κ1) is 13.8. The number of nitrogens with zero attached hydrogens (tertiary/aromatic N) is 2. The van der Waals surface area contributed by atoms with E-state index in [2.05, 4.69) is 10.4 Å². The molecule has 1 amide bonds. The van der Waals surface area contributed by atoms with Crippen LogP contribution in [-0.2, 0) is 0 Å². The van der Waals surface area contributed by atoms with Gasteiger partial charge in [0.25, 0.3) is 5.91 Å². The van der Waals surface area contributed by atoms with E-state index in [1.54, 1.807) is 16.9 Å². The van der Waals surface area contributed by atoms with E-state index in [4.69, 9.17) is 5.11 Å². The molecule has 21 heavy (non-hydrogen) atoms. The number of carbonyl (C=O) groups excluding carboxylic acids is 1. The molecule has 5 heteroatoms. The Hall–Kier alpha value is -2.14. The minimum atomic E-state index is -0.171. The first-order valence-electron chi connectivity index (χ1n) is 7.31. The molecule has 0 radical (unpaired) electrons. The number of amides is 1. The van der Waals surface area contributed by atoms with E-state index >= 15 is 0 Å². The van der Waals surface area contributed by atoms with Crippen LogP contribution in [-0.4, -0.2) is 33.4 Å². The molecule has 1 aliphatic carbocycles. The number of benzene rings is 1. The van der Waals surface area contributed by atoms with E-state index < -0.39 is 0 Å². The Kier molecular flexibility index (Phi) is 4.01. The van der Waals surface area contributed by atoms with Crippen molar-refractivity contribution in [2.75, 3.05) is 6.61 Å². The quantitative estimate of drug-likeness (QED) is 0.850. The van der Waals surface area contributed by atoms with Gasteiger partial charge >= 0.3 is 0 Å². The maximum Gasteiger partial charge on any atom is 0.272 e. The van der Waals surface area contributed by atoms with Gasteiger partial charge in [-0.3, -0.25) is 4.79 Å². The molecule has 3 rings (SSSR count). The second-order valence-corrected chi connectivity index (χ2v) is 5.41. The zero-order valence-corrected chi connectivity index (χ0v) is 11.8. The molecule has 5 nitrogen and oxygen atoms in total. The van der Waals surface area contributed by atoms with Crippen LogP contribution < -0.4 is 5.32 Å². The van der Waals surface area contributed by atoms with Crippen LogP contribution in [0.3, 0.4) is 0 Å². The molecule has 0 saturated heterocycles. The lowest BCUT2D eigenvalue weighted by Crippen LogP contribution is -2.37. The second kappa shape index (κ2) is 6.10. The third-order valence-corrected chi connectivity index (χ3v) is 3.79. The molecule has 0 aliphatic heterocycles. The first-order chi connectivity index (χ1) is 10.3. The largest absolute Gasteiger partial charge is 0.396 e. The molecular formula is C16H19N3O2. The van der Waals surface area contributed by atoms with Gasteiger partial charge in [-0.2, -0.15) is 5.10 Å². The summed E-state index contributed by atoms with van der Waals surface area (Å²) in [6, 6.07) is 11.5. The minimum absolute atomic E-state index is 0.0596. The van der Waals surface area contributed by atoms with Gasteiger partial charge in [-0.05, 0) is 43.4 Å². The Balaban J connectivity index is 1.69. The Morgan fingerprint density at radius 2 is 2.10 bits per heavy atom. The van der Waals surface area contributed by atoms with Crippen LogP contribution in [0, 0.1) is 5.92 Å². The average Bonchev–Trinajstić information content (AvgIpc) is 3.24. The van der Waals surface area contributed by atoms with E-state index in [1.807, 2.05) is 30.3 Å². The van der Waals surface area contributed by atoms with Gasteiger partial charge in [-0.1, -0.05) is 18.2 Å². The number of para-hydroxylation sites is 1. The zero-order chi connectivity index (χ0) is 14.7. The molecule has 1 aromatic heterocycles. The molecule has 1 unspecified atom stereocenters. The van der Waals surface area contributed by atoms with E-state index in [9.17, 15) is 4.79 Å². The summed E-state index contributed by atoms with van der Waals surface area (Å²) in [6.45, 7) is 0.0971. The lowest BCUT2D eigenvalue weighted by atomic mass is 10.1. The normalized spacial score (nSPS) is 15.7. The summed E-state index contributed by atoms with van der Waals surface area (Å²) in [6.07, 6.45) is 4.64. The van der Waals surface area contributed by atoms with Crippen LogP contribution in [0.15, 0.2) is 42.6 Å². The Morgan fingerprint density at radius 3 is 2.76 bits per heavy atom. The fourth-order valence-electron chi connectivity index (χ4n) is 2.48. The lowest BCUT2D eigenvalue weighted by molar-refractivity contribution is 0.0919. The molecule has 2 aromatic rings. The molecule has 1 saturated carbocycles. The number of rotatable bonds is 6. The fourth-order valence-corrected chi connectivity index (χ4v) is 2.48. The van der Waals surface area contributed by atoms with Crippen molar-refractivity contribution in [3.8, 4) is 5.69 Å². The van der Waals surface area contributed by atoms with Gasteiger partial charge in [0.05, 0.1) is 5.69 Å². The molecule has 110 valence electrons. The molecule has 1 heterocycles. The second-order valence-electron chi connectivity index (χ2n) is 5.41. The summed E-state index contributed by atoms with van der Waals surface area (Å²) in [7, 11) is 0. The number of nitrogens with one attached hydrogen (secondary N) is 1.